The van der Waals surface area contributed by atoms with Gasteiger partial charge in [-0.25, -0.2) is 0 Å². The molecule has 0 saturated carbocycles. The van der Waals surface area contributed by atoms with Gasteiger partial charge in [0.25, 0.3) is 11.8 Å². The Morgan fingerprint density at radius 3 is 1.50 bits per heavy atom. The number of nitrogens with zero attached hydrogens (tertiary/aromatic N) is 2. The molecule has 2 aliphatic heterocycles. The topological polar surface area (TPSA) is 65.4 Å². The number of benzene rings is 2. The van der Waals surface area contributed by atoms with Crippen LogP contribution in [0.1, 0.15) is 0 Å². The van der Waals surface area contributed by atoms with E-state index in [0.29, 0.717) is 24.9 Å². The molecule has 124 valence electrons. The van der Waals surface area contributed by atoms with E-state index in [1.165, 1.54) is 0 Å². The lowest BCUT2D eigenvalue weighted by Gasteiger charge is -2.22. The summed E-state index contributed by atoms with van der Waals surface area (Å²) in [5.74, 6) is 2.48. The molecule has 0 radical (unpaired) electrons. The lowest BCUT2D eigenvalue weighted by Crippen LogP contribution is -2.32. The molecule has 2 aromatic carbocycles. The van der Waals surface area contributed by atoms with Crippen molar-refractivity contribution in [3.05, 3.63) is 60.3 Å². The second kappa shape index (κ2) is 6.07. The van der Waals surface area contributed by atoms with E-state index in [9.17, 15) is 10.2 Å². The second-order valence-electron chi connectivity index (χ2n) is 5.50. The van der Waals surface area contributed by atoms with Crippen molar-refractivity contribution >= 4 is 11.4 Å². The van der Waals surface area contributed by atoms with Crippen LogP contribution in [0.2, 0.25) is 0 Å². The van der Waals surface area contributed by atoms with Gasteiger partial charge >= 0.3 is 0 Å². The first-order valence-electron chi connectivity index (χ1n) is 7.88. The van der Waals surface area contributed by atoms with Crippen molar-refractivity contribution < 1.29 is 19.7 Å². The average molecular weight is 326 g/mol. The van der Waals surface area contributed by atoms with Crippen molar-refractivity contribution in [1.82, 2.24) is 0 Å². The molecule has 6 nitrogen and oxygen atoms in total. The fraction of sp³-hybridized carbons (Fsp3) is 0.222. The highest BCUT2D eigenvalue weighted by Gasteiger charge is 2.36. The molecule has 2 heterocycles. The maximum Gasteiger partial charge on any atom is 0.263 e. The minimum absolute atomic E-state index is 0.0125. The van der Waals surface area contributed by atoms with Crippen molar-refractivity contribution in [2.45, 2.75) is 0 Å². The Bertz CT molecular complexity index is 725. The SMILES string of the molecule is OCCN1C(=C2Oc3ccccc3N2CCO)Oc2ccccc21. The molecule has 0 spiro atoms. The minimum atomic E-state index is -0.0125. The molecule has 0 aromatic heterocycles. The van der Waals surface area contributed by atoms with E-state index >= 15 is 0 Å². The van der Waals surface area contributed by atoms with E-state index in [1.54, 1.807) is 0 Å². The first-order chi connectivity index (χ1) is 11.8. The average Bonchev–Trinajstić information content (AvgIpc) is 3.15. The van der Waals surface area contributed by atoms with Crippen LogP contribution in [-0.2, 0) is 0 Å². The number of para-hydroxylation sites is 4. The van der Waals surface area contributed by atoms with Gasteiger partial charge in [0.2, 0.25) is 0 Å². The summed E-state index contributed by atoms with van der Waals surface area (Å²) in [6.07, 6.45) is 0. The number of fused-ring (bicyclic) bond motifs is 2. The predicted octanol–water partition coefficient (Wildman–Crippen LogP) is 1.90. The monoisotopic (exact) mass is 326 g/mol. The van der Waals surface area contributed by atoms with Crippen LogP contribution in [0.3, 0.4) is 0 Å². The Morgan fingerprint density at radius 1 is 0.667 bits per heavy atom. The highest BCUT2D eigenvalue weighted by atomic mass is 16.6. The van der Waals surface area contributed by atoms with Crippen LogP contribution in [0.5, 0.6) is 11.5 Å². The van der Waals surface area contributed by atoms with Gasteiger partial charge in [-0.2, -0.15) is 0 Å². The van der Waals surface area contributed by atoms with Crippen molar-refractivity contribution in [2.75, 3.05) is 36.1 Å². The van der Waals surface area contributed by atoms with Crippen LogP contribution in [0.15, 0.2) is 60.3 Å². The zero-order valence-electron chi connectivity index (χ0n) is 13.1. The van der Waals surface area contributed by atoms with Crippen LogP contribution in [0.4, 0.5) is 11.4 Å². The molecular weight excluding hydrogens is 308 g/mol. The first kappa shape index (κ1) is 14.9. The highest BCUT2D eigenvalue weighted by Crippen LogP contribution is 2.45. The molecule has 6 heteroatoms. The summed E-state index contributed by atoms with van der Waals surface area (Å²) < 4.78 is 12.0. The number of ether oxygens (including phenoxy) is 2. The molecule has 0 fully saturated rings. The van der Waals surface area contributed by atoms with Gasteiger partial charge in [-0.05, 0) is 24.3 Å². The van der Waals surface area contributed by atoms with Crippen LogP contribution in [0.25, 0.3) is 0 Å². The standard InChI is InChI=1S/C18H18N2O4/c21-11-9-19-13-5-1-3-7-15(13)23-17(19)18-20(10-12-22)14-6-2-4-8-16(14)24-18/h1-8,21-22H,9-12H2. The van der Waals surface area contributed by atoms with Gasteiger partial charge < -0.3 is 29.5 Å². The van der Waals surface area contributed by atoms with Crippen molar-refractivity contribution in [3.63, 3.8) is 0 Å². The number of aliphatic hydroxyl groups excluding tert-OH is 2. The van der Waals surface area contributed by atoms with Crippen LogP contribution in [0, 0.1) is 0 Å². The smallest absolute Gasteiger partial charge is 0.263 e. The summed E-state index contributed by atoms with van der Waals surface area (Å²) in [4.78, 5) is 3.78. The van der Waals surface area contributed by atoms with Gasteiger partial charge in [0.1, 0.15) is 0 Å². The van der Waals surface area contributed by atoms with E-state index in [4.69, 9.17) is 9.47 Å². The predicted molar refractivity (Wildman–Crippen MR) is 90.0 cm³/mol. The third-order valence-electron chi connectivity index (χ3n) is 4.05. The molecule has 24 heavy (non-hydrogen) atoms. The lowest BCUT2D eigenvalue weighted by atomic mass is 10.3. The molecule has 2 aliphatic rings. The maximum absolute atomic E-state index is 9.44. The normalized spacial score (nSPS) is 18.2. The molecule has 0 aliphatic carbocycles. The number of hydrogen-bond acceptors (Lipinski definition) is 6. The summed E-state index contributed by atoms with van der Waals surface area (Å²) in [6, 6.07) is 15.3. The lowest BCUT2D eigenvalue weighted by molar-refractivity contribution is 0.288. The molecule has 0 atom stereocenters. The second-order valence-corrected chi connectivity index (χ2v) is 5.50. The van der Waals surface area contributed by atoms with E-state index in [2.05, 4.69) is 0 Å². The third kappa shape index (κ3) is 2.28. The molecular formula is C18H18N2O4. The Hall–Kier alpha value is -2.70. The minimum Gasteiger partial charge on any atom is -0.434 e. The van der Waals surface area contributed by atoms with Gasteiger partial charge in [-0.3, -0.25) is 0 Å². The van der Waals surface area contributed by atoms with Crippen molar-refractivity contribution in [1.29, 1.82) is 0 Å². The van der Waals surface area contributed by atoms with Crippen molar-refractivity contribution in [2.24, 2.45) is 0 Å². The van der Waals surface area contributed by atoms with Gasteiger partial charge in [0, 0.05) is 13.1 Å². The van der Waals surface area contributed by atoms with Gasteiger partial charge in [0.15, 0.2) is 11.5 Å². The summed E-state index contributed by atoms with van der Waals surface area (Å²) in [5, 5.41) is 18.9. The summed E-state index contributed by atoms with van der Waals surface area (Å²) >= 11 is 0. The summed E-state index contributed by atoms with van der Waals surface area (Å²) in [5.41, 5.74) is 1.77. The maximum atomic E-state index is 9.44. The quantitative estimate of drug-likeness (QED) is 0.895. The Balaban J connectivity index is 1.81. The zero-order chi connectivity index (χ0) is 16.5. The number of aliphatic hydroxyl groups is 2. The molecule has 2 N–H and O–H groups in total. The van der Waals surface area contributed by atoms with E-state index in [1.807, 2.05) is 58.3 Å². The fourth-order valence-electron chi connectivity index (χ4n) is 3.03. The zero-order valence-corrected chi connectivity index (χ0v) is 13.1. The Morgan fingerprint density at radius 2 is 1.08 bits per heavy atom. The largest absolute Gasteiger partial charge is 0.434 e. The molecule has 0 bridgehead atoms. The van der Waals surface area contributed by atoms with Crippen LogP contribution in [-0.4, -0.2) is 36.5 Å². The van der Waals surface area contributed by atoms with E-state index in [0.717, 1.165) is 22.9 Å². The summed E-state index contributed by atoms with van der Waals surface area (Å²) in [6.45, 7) is 0.758. The van der Waals surface area contributed by atoms with Gasteiger partial charge in [-0.1, -0.05) is 24.3 Å². The Kier molecular flexibility index (Phi) is 3.76. The fourth-order valence-corrected chi connectivity index (χ4v) is 3.03. The molecule has 0 saturated heterocycles. The number of hydrogen-bond donors (Lipinski definition) is 2. The van der Waals surface area contributed by atoms with Crippen molar-refractivity contribution in [3.8, 4) is 11.5 Å². The van der Waals surface area contributed by atoms with Crippen LogP contribution >= 0.6 is 0 Å². The molecule has 2 aromatic rings. The van der Waals surface area contributed by atoms with Gasteiger partial charge in [0.05, 0.1) is 24.6 Å². The molecule has 0 amide bonds. The molecule has 0 unspecified atom stereocenters. The third-order valence-corrected chi connectivity index (χ3v) is 4.05. The Labute approximate surface area is 139 Å². The highest BCUT2D eigenvalue weighted by molar-refractivity contribution is 5.71. The summed E-state index contributed by atoms with van der Waals surface area (Å²) in [7, 11) is 0. The number of β-amino-alcohol motifs (C(OH)–C–C–N with tert-alkyl or cyclic N) is 2. The first-order valence-corrected chi connectivity index (χ1v) is 7.88. The van der Waals surface area contributed by atoms with E-state index in [-0.39, 0.29) is 13.2 Å². The molecule has 4 rings (SSSR count). The number of rotatable bonds is 4. The van der Waals surface area contributed by atoms with Crippen LogP contribution < -0.4 is 19.3 Å². The number of anilines is 2. The van der Waals surface area contributed by atoms with Gasteiger partial charge in [-0.15, -0.1) is 0 Å². The van der Waals surface area contributed by atoms with E-state index < -0.39 is 0 Å².